The molecule has 1 heterocycles. The van der Waals surface area contributed by atoms with E-state index < -0.39 is 0 Å². The lowest BCUT2D eigenvalue weighted by Gasteiger charge is -2.34. The lowest BCUT2D eigenvalue weighted by molar-refractivity contribution is 0.134. The van der Waals surface area contributed by atoms with Crippen molar-refractivity contribution in [1.29, 1.82) is 0 Å². The van der Waals surface area contributed by atoms with Crippen molar-refractivity contribution in [3.63, 3.8) is 0 Å². The SMILES string of the molecule is CC(C)N1C[C@@H](C)CC1(C)C. The van der Waals surface area contributed by atoms with Crippen molar-refractivity contribution in [1.82, 2.24) is 4.90 Å². The predicted molar refractivity (Wildman–Crippen MR) is 49.7 cm³/mol. The van der Waals surface area contributed by atoms with Crippen LogP contribution in [0.2, 0.25) is 0 Å². The molecule has 11 heavy (non-hydrogen) atoms. The van der Waals surface area contributed by atoms with Crippen LogP contribution in [0, 0.1) is 5.92 Å². The summed E-state index contributed by atoms with van der Waals surface area (Å²) in [6.07, 6.45) is 1.35. The molecular formula is C10H21N. The van der Waals surface area contributed by atoms with Crippen LogP contribution in [0.1, 0.15) is 41.0 Å². The first-order valence-corrected chi connectivity index (χ1v) is 4.70. The van der Waals surface area contributed by atoms with E-state index in [0.29, 0.717) is 11.6 Å². The minimum absolute atomic E-state index is 0.438. The highest BCUT2D eigenvalue weighted by molar-refractivity contribution is 4.92. The van der Waals surface area contributed by atoms with Gasteiger partial charge in [-0.1, -0.05) is 6.92 Å². The maximum atomic E-state index is 2.61. The summed E-state index contributed by atoms with van der Waals surface area (Å²) in [7, 11) is 0. The zero-order chi connectivity index (χ0) is 8.65. The molecule has 1 nitrogen and oxygen atoms in total. The Morgan fingerprint density at radius 1 is 1.36 bits per heavy atom. The van der Waals surface area contributed by atoms with Crippen molar-refractivity contribution in [3.8, 4) is 0 Å². The first kappa shape index (κ1) is 9.05. The van der Waals surface area contributed by atoms with Gasteiger partial charge in [0.15, 0.2) is 0 Å². The van der Waals surface area contributed by atoms with E-state index in [4.69, 9.17) is 0 Å². The van der Waals surface area contributed by atoms with Gasteiger partial charge in [-0.2, -0.15) is 0 Å². The standard InChI is InChI=1S/C10H21N/c1-8(2)11-7-9(3)6-10(11,4)5/h8-9H,6-7H2,1-5H3/t9-/m0/s1. The molecule has 0 aromatic rings. The summed E-state index contributed by atoms with van der Waals surface area (Å²) in [5, 5.41) is 0. The van der Waals surface area contributed by atoms with Crippen molar-refractivity contribution in [3.05, 3.63) is 0 Å². The smallest absolute Gasteiger partial charge is 0.0159 e. The Bertz CT molecular complexity index is 138. The number of rotatable bonds is 1. The second kappa shape index (κ2) is 2.78. The molecule has 1 rings (SSSR count). The molecule has 0 bridgehead atoms. The van der Waals surface area contributed by atoms with Gasteiger partial charge in [0, 0.05) is 18.1 Å². The molecule has 0 N–H and O–H groups in total. The molecule has 0 amide bonds. The van der Waals surface area contributed by atoms with Crippen molar-refractivity contribution in [2.75, 3.05) is 6.54 Å². The molecule has 1 fully saturated rings. The molecule has 0 saturated carbocycles. The summed E-state index contributed by atoms with van der Waals surface area (Å²) in [6.45, 7) is 12.9. The number of nitrogens with zero attached hydrogens (tertiary/aromatic N) is 1. The highest BCUT2D eigenvalue weighted by atomic mass is 15.2. The summed E-state index contributed by atoms with van der Waals surface area (Å²) in [5.41, 5.74) is 0.438. The Labute approximate surface area is 70.8 Å². The number of hydrogen-bond donors (Lipinski definition) is 0. The molecular weight excluding hydrogens is 134 g/mol. The quantitative estimate of drug-likeness (QED) is 0.562. The molecule has 0 aromatic carbocycles. The lowest BCUT2D eigenvalue weighted by Crippen LogP contribution is -2.42. The summed E-state index contributed by atoms with van der Waals surface area (Å²) in [4.78, 5) is 2.61. The molecule has 0 radical (unpaired) electrons. The van der Waals surface area contributed by atoms with E-state index in [1.54, 1.807) is 0 Å². The summed E-state index contributed by atoms with van der Waals surface area (Å²) < 4.78 is 0. The van der Waals surface area contributed by atoms with Crippen LogP contribution in [0.4, 0.5) is 0 Å². The van der Waals surface area contributed by atoms with Crippen molar-refractivity contribution >= 4 is 0 Å². The third-order valence-electron chi connectivity index (χ3n) is 2.76. The zero-order valence-electron chi connectivity index (χ0n) is 8.52. The maximum absolute atomic E-state index is 2.61. The molecule has 0 aliphatic carbocycles. The fourth-order valence-corrected chi connectivity index (χ4v) is 2.53. The summed E-state index contributed by atoms with van der Waals surface area (Å²) in [6, 6.07) is 0.704. The molecule has 1 saturated heterocycles. The van der Waals surface area contributed by atoms with Crippen molar-refractivity contribution in [2.45, 2.75) is 52.6 Å². The van der Waals surface area contributed by atoms with E-state index in [1.807, 2.05) is 0 Å². The third kappa shape index (κ3) is 1.76. The normalized spacial score (nSPS) is 31.6. The zero-order valence-corrected chi connectivity index (χ0v) is 8.52. The third-order valence-corrected chi connectivity index (χ3v) is 2.76. The van der Waals surface area contributed by atoms with E-state index in [0.717, 1.165) is 5.92 Å². The highest BCUT2D eigenvalue weighted by Gasteiger charge is 2.37. The molecule has 1 heteroatoms. The van der Waals surface area contributed by atoms with Gasteiger partial charge in [-0.05, 0) is 40.0 Å². The van der Waals surface area contributed by atoms with Crippen molar-refractivity contribution in [2.24, 2.45) is 5.92 Å². The van der Waals surface area contributed by atoms with Gasteiger partial charge in [-0.3, -0.25) is 4.90 Å². The first-order chi connectivity index (χ1) is 4.93. The molecule has 1 atom stereocenters. The van der Waals surface area contributed by atoms with Gasteiger partial charge >= 0.3 is 0 Å². The number of hydrogen-bond acceptors (Lipinski definition) is 1. The minimum Gasteiger partial charge on any atom is -0.296 e. The van der Waals surface area contributed by atoms with Gasteiger partial charge in [-0.25, -0.2) is 0 Å². The Morgan fingerprint density at radius 2 is 1.91 bits per heavy atom. The Kier molecular flexibility index (Phi) is 2.29. The van der Waals surface area contributed by atoms with Gasteiger partial charge in [-0.15, -0.1) is 0 Å². The average molecular weight is 155 g/mol. The monoisotopic (exact) mass is 155 g/mol. The van der Waals surface area contributed by atoms with Crippen LogP contribution in [0.3, 0.4) is 0 Å². The lowest BCUT2D eigenvalue weighted by atomic mass is 9.97. The Balaban J connectivity index is 2.66. The fourth-order valence-electron chi connectivity index (χ4n) is 2.53. The maximum Gasteiger partial charge on any atom is 0.0159 e. The van der Waals surface area contributed by atoms with Gasteiger partial charge in [0.05, 0.1) is 0 Å². The van der Waals surface area contributed by atoms with Gasteiger partial charge in [0.25, 0.3) is 0 Å². The summed E-state index contributed by atoms with van der Waals surface area (Å²) >= 11 is 0. The predicted octanol–water partition coefficient (Wildman–Crippen LogP) is 2.52. The Hall–Kier alpha value is -0.0400. The highest BCUT2D eigenvalue weighted by Crippen LogP contribution is 2.33. The van der Waals surface area contributed by atoms with Crippen LogP contribution in [0.15, 0.2) is 0 Å². The van der Waals surface area contributed by atoms with Gasteiger partial charge in [0.2, 0.25) is 0 Å². The minimum atomic E-state index is 0.438. The van der Waals surface area contributed by atoms with E-state index in [1.165, 1.54) is 13.0 Å². The van der Waals surface area contributed by atoms with Crippen LogP contribution < -0.4 is 0 Å². The molecule has 0 aromatic heterocycles. The van der Waals surface area contributed by atoms with E-state index >= 15 is 0 Å². The molecule has 1 aliphatic rings. The topological polar surface area (TPSA) is 3.24 Å². The van der Waals surface area contributed by atoms with Crippen LogP contribution in [0.25, 0.3) is 0 Å². The largest absolute Gasteiger partial charge is 0.296 e. The van der Waals surface area contributed by atoms with Gasteiger partial charge in [0.1, 0.15) is 0 Å². The Morgan fingerprint density at radius 3 is 2.09 bits per heavy atom. The molecule has 0 spiro atoms. The second-order valence-electron chi connectivity index (χ2n) is 4.87. The van der Waals surface area contributed by atoms with Crippen molar-refractivity contribution < 1.29 is 0 Å². The van der Waals surface area contributed by atoms with Gasteiger partial charge < -0.3 is 0 Å². The average Bonchev–Trinajstić information content (AvgIpc) is 2.04. The molecule has 1 aliphatic heterocycles. The first-order valence-electron chi connectivity index (χ1n) is 4.70. The van der Waals surface area contributed by atoms with E-state index in [-0.39, 0.29) is 0 Å². The molecule has 66 valence electrons. The van der Waals surface area contributed by atoms with Crippen LogP contribution in [0.5, 0.6) is 0 Å². The van der Waals surface area contributed by atoms with Crippen LogP contribution >= 0.6 is 0 Å². The summed E-state index contributed by atoms with van der Waals surface area (Å²) in [5.74, 6) is 0.882. The van der Waals surface area contributed by atoms with Crippen LogP contribution in [-0.4, -0.2) is 23.0 Å². The second-order valence-corrected chi connectivity index (χ2v) is 4.87. The van der Waals surface area contributed by atoms with E-state index in [9.17, 15) is 0 Å². The fraction of sp³-hybridized carbons (Fsp3) is 1.00. The molecule has 0 unspecified atom stereocenters. The number of likely N-dealkylation sites (tertiary alicyclic amines) is 1. The van der Waals surface area contributed by atoms with Crippen LogP contribution in [-0.2, 0) is 0 Å². The van der Waals surface area contributed by atoms with E-state index in [2.05, 4.69) is 39.5 Å².